The van der Waals surface area contributed by atoms with Crippen LogP contribution in [-0.4, -0.2) is 37.2 Å². The summed E-state index contributed by atoms with van der Waals surface area (Å²) in [5.74, 6) is -0.849. The quantitative estimate of drug-likeness (QED) is 0.0261. The third-order valence-corrected chi connectivity index (χ3v) is 14.4. The summed E-state index contributed by atoms with van der Waals surface area (Å²) >= 11 is 0. The molecule has 6 nitrogen and oxygen atoms in total. The topological polar surface area (TPSA) is 78.9 Å². The number of carbonyl (C=O) groups is 3. The Morgan fingerprint density at radius 1 is 0.268 bits per heavy atom. The molecular weight excluding hydrogens is 877 g/mol. The summed E-state index contributed by atoms with van der Waals surface area (Å²) in [6.07, 6.45) is 71.7. The molecule has 418 valence electrons. The predicted octanol–water partition coefficient (Wildman–Crippen LogP) is 21.4. The van der Waals surface area contributed by atoms with Crippen LogP contribution in [0, 0.1) is 0 Å². The number of esters is 3. The molecule has 0 saturated heterocycles. The van der Waals surface area contributed by atoms with E-state index in [1.54, 1.807) is 0 Å². The first-order valence-corrected chi connectivity index (χ1v) is 31.8. The molecule has 0 N–H and O–H groups in total. The smallest absolute Gasteiger partial charge is 0.306 e. The van der Waals surface area contributed by atoms with Crippen molar-refractivity contribution in [2.45, 2.75) is 361 Å². The van der Waals surface area contributed by atoms with Crippen molar-refractivity contribution in [1.82, 2.24) is 0 Å². The molecule has 0 fully saturated rings. The Morgan fingerprint density at radius 2 is 0.465 bits per heavy atom. The van der Waals surface area contributed by atoms with E-state index in [-0.39, 0.29) is 31.1 Å². The zero-order chi connectivity index (χ0) is 51.4. The van der Waals surface area contributed by atoms with E-state index in [2.05, 4.69) is 45.1 Å². The third-order valence-electron chi connectivity index (χ3n) is 14.4. The maximum absolute atomic E-state index is 12.9. The highest BCUT2D eigenvalue weighted by atomic mass is 16.6. The molecule has 0 radical (unpaired) electrons. The SMILES string of the molecule is CCCCCCCC/C=C\CCCCCCCCCCCC(=O)OCC(COC(=O)CCCCCCCCCCCCCCCCCCC)OC(=O)CCCCCCCCC/C=C\CCCCCCCC. The Hall–Kier alpha value is -2.11. The van der Waals surface area contributed by atoms with Gasteiger partial charge < -0.3 is 14.2 Å². The lowest BCUT2D eigenvalue weighted by Gasteiger charge is -2.18. The Balaban J connectivity index is 4.32. The molecule has 1 atom stereocenters. The van der Waals surface area contributed by atoms with Gasteiger partial charge in [-0.15, -0.1) is 0 Å². The van der Waals surface area contributed by atoms with E-state index in [0.29, 0.717) is 19.3 Å². The van der Waals surface area contributed by atoms with Crippen LogP contribution in [0.5, 0.6) is 0 Å². The molecule has 0 bridgehead atoms. The number of allylic oxidation sites excluding steroid dienone is 4. The zero-order valence-electron chi connectivity index (χ0n) is 48.0. The van der Waals surface area contributed by atoms with E-state index in [1.807, 2.05) is 0 Å². The summed E-state index contributed by atoms with van der Waals surface area (Å²) in [7, 11) is 0. The molecule has 0 amide bonds. The Kier molecular flexibility index (Phi) is 58.6. The largest absolute Gasteiger partial charge is 0.462 e. The number of rotatable bonds is 59. The molecule has 1 unspecified atom stereocenters. The normalized spacial score (nSPS) is 12.1. The van der Waals surface area contributed by atoms with Gasteiger partial charge in [-0.2, -0.15) is 0 Å². The first-order chi connectivity index (χ1) is 35.0. The minimum Gasteiger partial charge on any atom is -0.462 e. The lowest BCUT2D eigenvalue weighted by Crippen LogP contribution is -2.30. The molecule has 0 spiro atoms. The number of unbranched alkanes of at least 4 members (excludes halogenated alkanes) is 44. The second kappa shape index (κ2) is 60.4. The van der Waals surface area contributed by atoms with Crippen LogP contribution in [0.2, 0.25) is 0 Å². The molecule has 6 heteroatoms. The summed E-state index contributed by atoms with van der Waals surface area (Å²) in [5, 5.41) is 0. The molecule has 0 aromatic rings. The molecule has 0 aliphatic heterocycles. The van der Waals surface area contributed by atoms with E-state index >= 15 is 0 Å². The maximum atomic E-state index is 12.9. The van der Waals surface area contributed by atoms with Gasteiger partial charge in [0.2, 0.25) is 0 Å². The van der Waals surface area contributed by atoms with E-state index in [0.717, 1.165) is 57.8 Å². The van der Waals surface area contributed by atoms with Gasteiger partial charge in [0.15, 0.2) is 6.10 Å². The van der Waals surface area contributed by atoms with Crippen LogP contribution >= 0.6 is 0 Å². The summed E-state index contributed by atoms with van der Waals surface area (Å²) in [4.78, 5) is 38.3. The van der Waals surface area contributed by atoms with Crippen molar-refractivity contribution < 1.29 is 28.6 Å². The van der Waals surface area contributed by atoms with E-state index in [4.69, 9.17) is 14.2 Å². The van der Waals surface area contributed by atoms with Crippen molar-refractivity contribution in [3.05, 3.63) is 24.3 Å². The van der Waals surface area contributed by atoms with Crippen molar-refractivity contribution in [2.24, 2.45) is 0 Å². The van der Waals surface area contributed by atoms with Gasteiger partial charge >= 0.3 is 17.9 Å². The molecule has 0 aromatic carbocycles. The first-order valence-electron chi connectivity index (χ1n) is 31.8. The van der Waals surface area contributed by atoms with Gasteiger partial charge in [0.1, 0.15) is 13.2 Å². The van der Waals surface area contributed by atoms with Crippen LogP contribution in [0.15, 0.2) is 24.3 Å². The van der Waals surface area contributed by atoms with Crippen molar-refractivity contribution in [3.8, 4) is 0 Å². The number of hydrogen-bond acceptors (Lipinski definition) is 6. The van der Waals surface area contributed by atoms with Crippen LogP contribution < -0.4 is 0 Å². The second-order valence-corrected chi connectivity index (χ2v) is 21.7. The van der Waals surface area contributed by atoms with E-state index < -0.39 is 6.10 Å². The van der Waals surface area contributed by atoms with Gasteiger partial charge in [0, 0.05) is 19.3 Å². The van der Waals surface area contributed by atoms with Gasteiger partial charge in [0.25, 0.3) is 0 Å². The molecule has 0 rings (SSSR count). The predicted molar refractivity (Wildman–Crippen MR) is 307 cm³/mol. The van der Waals surface area contributed by atoms with Gasteiger partial charge in [-0.3, -0.25) is 14.4 Å². The summed E-state index contributed by atoms with van der Waals surface area (Å²) in [6.45, 7) is 6.69. The van der Waals surface area contributed by atoms with E-state index in [1.165, 1.54) is 257 Å². The lowest BCUT2D eigenvalue weighted by atomic mass is 10.0. The average Bonchev–Trinajstić information content (AvgIpc) is 3.37. The molecule has 0 aromatic heterocycles. The maximum Gasteiger partial charge on any atom is 0.306 e. The Morgan fingerprint density at radius 3 is 0.704 bits per heavy atom. The highest BCUT2D eigenvalue weighted by Gasteiger charge is 2.19. The van der Waals surface area contributed by atoms with Crippen molar-refractivity contribution >= 4 is 17.9 Å². The fraction of sp³-hybridized carbons (Fsp3) is 0.892. The van der Waals surface area contributed by atoms with Crippen molar-refractivity contribution in [1.29, 1.82) is 0 Å². The number of ether oxygens (including phenoxy) is 3. The van der Waals surface area contributed by atoms with Crippen LogP contribution in [0.25, 0.3) is 0 Å². The fourth-order valence-electron chi connectivity index (χ4n) is 9.61. The van der Waals surface area contributed by atoms with Crippen LogP contribution in [0.4, 0.5) is 0 Å². The van der Waals surface area contributed by atoms with Crippen LogP contribution in [0.1, 0.15) is 355 Å². The zero-order valence-corrected chi connectivity index (χ0v) is 48.0. The molecular formula is C65H122O6. The summed E-state index contributed by atoms with van der Waals surface area (Å²) < 4.78 is 16.9. The van der Waals surface area contributed by atoms with E-state index in [9.17, 15) is 14.4 Å². The highest BCUT2D eigenvalue weighted by Crippen LogP contribution is 2.17. The fourth-order valence-corrected chi connectivity index (χ4v) is 9.61. The minimum absolute atomic E-state index is 0.0684. The van der Waals surface area contributed by atoms with Crippen LogP contribution in [0.3, 0.4) is 0 Å². The lowest BCUT2D eigenvalue weighted by molar-refractivity contribution is -0.167. The highest BCUT2D eigenvalue weighted by molar-refractivity contribution is 5.71. The third kappa shape index (κ3) is 58.7. The first kappa shape index (κ1) is 68.9. The number of hydrogen-bond donors (Lipinski definition) is 0. The molecule has 0 aliphatic rings. The minimum atomic E-state index is -0.771. The van der Waals surface area contributed by atoms with Crippen molar-refractivity contribution in [3.63, 3.8) is 0 Å². The molecule has 71 heavy (non-hydrogen) atoms. The second-order valence-electron chi connectivity index (χ2n) is 21.7. The molecule has 0 aliphatic carbocycles. The molecule has 0 saturated carbocycles. The molecule has 0 heterocycles. The van der Waals surface area contributed by atoms with Crippen LogP contribution in [-0.2, 0) is 28.6 Å². The monoisotopic (exact) mass is 999 g/mol. The Labute approximate surface area is 443 Å². The van der Waals surface area contributed by atoms with Gasteiger partial charge in [-0.05, 0) is 70.6 Å². The van der Waals surface area contributed by atoms with Gasteiger partial charge in [-0.1, -0.05) is 289 Å². The van der Waals surface area contributed by atoms with Gasteiger partial charge in [0.05, 0.1) is 0 Å². The standard InChI is InChI=1S/C65H122O6/c1-4-7-10-13-16-19-22-25-28-31-32-35-37-40-43-46-49-52-55-58-64(67)70-61-62(71-65(68)59-56-53-50-47-44-41-38-34-30-27-24-21-18-15-12-9-6-3)60-69-63(66)57-54-51-48-45-42-39-36-33-29-26-23-20-17-14-11-8-5-2/h25,27-28,30,62H,4-24,26,29,31-61H2,1-3H3/b28-25-,30-27-. The Bertz CT molecular complexity index is 1150. The van der Waals surface area contributed by atoms with Gasteiger partial charge in [-0.25, -0.2) is 0 Å². The average molecular weight is 1000 g/mol. The summed E-state index contributed by atoms with van der Waals surface area (Å²) in [6, 6.07) is 0. The summed E-state index contributed by atoms with van der Waals surface area (Å²) in [5.41, 5.74) is 0. The van der Waals surface area contributed by atoms with Crippen molar-refractivity contribution in [2.75, 3.05) is 13.2 Å². The number of carbonyl (C=O) groups excluding carboxylic acids is 3.